The second kappa shape index (κ2) is 9.39. The fraction of sp³-hybridized carbons (Fsp3) is 0.381. The normalized spacial score (nSPS) is 16.9. The largest absolute Gasteiger partial charge is 0.497 e. The van der Waals surface area contributed by atoms with Crippen LogP contribution in [-0.4, -0.2) is 62.9 Å². The van der Waals surface area contributed by atoms with E-state index in [2.05, 4.69) is 5.32 Å². The Morgan fingerprint density at radius 2 is 1.76 bits per heavy atom. The van der Waals surface area contributed by atoms with Crippen LogP contribution >= 0.6 is 0 Å². The van der Waals surface area contributed by atoms with Crippen molar-refractivity contribution < 1.29 is 17.9 Å². The van der Waals surface area contributed by atoms with Crippen LogP contribution in [0.1, 0.15) is 12.5 Å². The molecule has 0 aliphatic carbocycles. The van der Waals surface area contributed by atoms with Gasteiger partial charge in [-0.3, -0.25) is 9.69 Å². The number of carbonyl (C=O) groups excluding carboxylic acids is 1. The minimum atomic E-state index is -3.37. The zero-order valence-electron chi connectivity index (χ0n) is 16.7. The van der Waals surface area contributed by atoms with Gasteiger partial charge in [0.15, 0.2) is 0 Å². The Kier molecular flexibility index (Phi) is 6.89. The molecular formula is C21H27N3O4S. The molecule has 1 aliphatic heterocycles. The van der Waals surface area contributed by atoms with Crippen molar-refractivity contribution in [2.24, 2.45) is 0 Å². The number of hydrogen-bond donors (Lipinski definition) is 1. The molecule has 1 atom stereocenters. The molecule has 1 amide bonds. The molecular weight excluding hydrogens is 390 g/mol. The highest BCUT2D eigenvalue weighted by Gasteiger charge is 2.30. The van der Waals surface area contributed by atoms with Gasteiger partial charge in [0.2, 0.25) is 15.9 Å². The van der Waals surface area contributed by atoms with Gasteiger partial charge in [-0.2, -0.15) is 4.31 Å². The zero-order valence-corrected chi connectivity index (χ0v) is 17.6. The Balaban J connectivity index is 1.54. The highest BCUT2D eigenvalue weighted by atomic mass is 32.2. The summed E-state index contributed by atoms with van der Waals surface area (Å²) in [5, 5.41) is 2.90. The van der Waals surface area contributed by atoms with E-state index in [1.165, 1.54) is 4.31 Å². The van der Waals surface area contributed by atoms with Gasteiger partial charge < -0.3 is 10.1 Å². The monoisotopic (exact) mass is 417 g/mol. The molecule has 2 aromatic carbocycles. The average Bonchev–Trinajstić information content (AvgIpc) is 2.74. The molecule has 1 aliphatic rings. The standard InChI is InChI=1S/C21H27N3O4S/c1-17(21(25)22-19-9-6-10-20(15-19)28-2)23-11-13-24(14-12-23)29(26,27)16-18-7-4-3-5-8-18/h3-10,15,17H,11-14,16H2,1-2H3,(H,22,25)/t17-/m0/s1. The van der Waals surface area contributed by atoms with Crippen molar-refractivity contribution in [3.05, 3.63) is 60.2 Å². The first kappa shape index (κ1) is 21.3. The first-order valence-electron chi connectivity index (χ1n) is 9.60. The summed E-state index contributed by atoms with van der Waals surface area (Å²) < 4.78 is 32.1. The maximum Gasteiger partial charge on any atom is 0.241 e. The van der Waals surface area contributed by atoms with Crippen molar-refractivity contribution in [3.63, 3.8) is 0 Å². The van der Waals surface area contributed by atoms with E-state index in [0.29, 0.717) is 37.6 Å². The second-order valence-corrected chi connectivity index (χ2v) is 9.04. The van der Waals surface area contributed by atoms with Crippen LogP contribution in [0.15, 0.2) is 54.6 Å². The molecule has 3 rings (SSSR count). The lowest BCUT2D eigenvalue weighted by atomic mass is 10.2. The smallest absolute Gasteiger partial charge is 0.241 e. The third-order valence-corrected chi connectivity index (χ3v) is 6.97. The zero-order chi connectivity index (χ0) is 20.9. The molecule has 7 nitrogen and oxygen atoms in total. The molecule has 0 unspecified atom stereocenters. The van der Waals surface area contributed by atoms with Gasteiger partial charge in [0.25, 0.3) is 0 Å². The topological polar surface area (TPSA) is 79.0 Å². The lowest BCUT2D eigenvalue weighted by molar-refractivity contribution is -0.121. The van der Waals surface area contributed by atoms with Crippen LogP contribution in [0.25, 0.3) is 0 Å². The van der Waals surface area contributed by atoms with Crippen LogP contribution in [0.2, 0.25) is 0 Å². The van der Waals surface area contributed by atoms with Crippen molar-refractivity contribution in [1.29, 1.82) is 0 Å². The molecule has 1 N–H and O–H groups in total. The molecule has 0 radical (unpaired) electrons. The van der Waals surface area contributed by atoms with Crippen LogP contribution in [0.4, 0.5) is 5.69 Å². The number of nitrogens with one attached hydrogen (secondary N) is 1. The Labute approximate surface area is 172 Å². The van der Waals surface area contributed by atoms with Crippen molar-refractivity contribution in [2.45, 2.75) is 18.7 Å². The van der Waals surface area contributed by atoms with Gasteiger partial charge in [0, 0.05) is 37.9 Å². The molecule has 29 heavy (non-hydrogen) atoms. The number of amides is 1. The summed E-state index contributed by atoms with van der Waals surface area (Å²) in [7, 11) is -1.79. The van der Waals surface area contributed by atoms with Gasteiger partial charge in [-0.05, 0) is 24.6 Å². The number of carbonyl (C=O) groups is 1. The summed E-state index contributed by atoms with van der Waals surface area (Å²) in [6.07, 6.45) is 0. The summed E-state index contributed by atoms with van der Waals surface area (Å²) in [6.45, 7) is 3.63. The first-order valence-corrected chi connectivity index (χ1v) is 11.2. The van der Waals surface area contributed by atoms with Gasteiger partial charge in [-0.15, -0.1) is 0 Å². The number of sulfonamides is 1. The Morgan fingerprint density at radius 3 is 2.41 bits per heavy atom. The lowest BCUT2D eigenvalue weighted by Crippen LogP contribution is -2.54. The minimum Gasteiger partial charge on any atom is -0.497 e. The van der Waals surface area contributed by atoms with Crippen molar-refractivity contribution in [1.82, 2.24) is 9.21 Å². The maximum absolute atomic E-state index is 12.7. The molecule has 0 bridgehead atoms. The van der Waals surface area contributed by atoms with Crippen LogP contribution in [0, 0.1) is 0 Å². The van der Waals surface area contributed by atoms with Crippen molar-refractivity contribution in [2.75, 3.05) is 38.6 Å². The number of hydrogen-bond acceptors (Lipinski definition) is 5. The molecule has 2 aromatic rings. The van der Waals surface area contributed by atoms with Gasteiger partial charge in [0.05, 0.1) is 18.9 Å². The Morgan fingerprint density at radius 1 is 1.07 bits per heavy atom. The van der Waals surface area contributed by atoms with E-state index in [0.717, 1.165) is 5.56 Å². The average molecular weight is 418 g/mol. The predicted molar refractivity (Wildman–Crippen MR) is 113 cm³/mol. The number of rotatable bonds is 7. The van der Waals surface area contributed by atoms with Gasteiger partial charge in [0.1, 0.15) is 5.75 Å². The van der Waals surface area contributed by atoms with E-state index < -0.39 is 10.0 Å². The van der Waals surface area contributed by atoms with Gasteiger partial charge in [-0.1, -0.05) is 36.4 Å². The molecule has 156 valence electrons. The number of benzene rings is 2. The Hall–Kier alpha value is -2.42. The maximum atomic E-state index is 12.7. The van der Waals surface area contributed by atoms with Crippen LogP contribution in [0.3, 0.4) is 0 Å². The lowest BCUT2D eigenvalue weighted by Gasteiger charge is -2.36. The van der Waals surface area contributed by atoms with Crippen LogP contribution in [-0.2, 0) is 20.6 Å². The highest BCUT2D eigenvalue weighted by Crippen LogP contribution is 2.18. The number of ether oxygens (including phenoxy) is 1. The molecule has 8 heteroatoms. The van der Waals surface area contributed by atoms with E-state index >= 15 is 0 Å². The van der Waals surface area contributed by atoms with Gasteiger partial charge in [-0.25, -0.2) is 8.42 Å². The third kappa shape index (κ3) is 5.56. The summed E-state index contributed by atoms with van der Waals surface area (Å²) in [6, 6.07) is 16.0. The van der Waals surface area contributed by atoms with Crippen LogP contribution in [0.5, 0.6) is 5.75 Å². The van der Waals surface area contributed by atoms with E-state index in [-0.39, 0.29) is 17.7 Å². The number of nitrogens with zero attached hydrogens (tertiary/aromatic N) is 2. The molecule has 0 aromatic heterocycles. The van der Waals surface area contributed by atoms with E-state index in [1.54, 1.807) is 19.2 Å². The Bertz CT molecular complexity index is 926. The molecule has 0 saturated carbocycles. The van der Waals surface area contributed by atoms with E-state index in [4.69, 9.17) is 4.74 Å². The summed E-state index contributed by atoms with van der Waals surface area (Å²) >= 11 is 0. The number of piperazine rings is 1. The molecule has 1 saturated heterocycles. The minimum absolute atomic E-state index is 0.000278. The highest BCUT2D eigenvalue weighted by molar-refractivity contribution is 7.88. The fourth-order valence-corrected chi connectivity index (χ4v) is 4.87. The molecule has 0 spiro atoms. The fourth-order valence-electron chi connectivity index (χ4n) is 3.36. The van der Waals surface area contributed by atoms with E-state index in [9.17, 15) is 13.2 Å². The summed E-state index contributed by atoms with van der Waals surface area (Å²) in [5.74, 6) is 0.547. The van der Waals surface area contributed by atoms with Crippen LogP contribution < -0.4 is 10.1 Å². The van der Waals surface area contributed by atoms with Gasteiger partial charge >= 0.3 is 0 Å². The number of methoxy groups -OCH3 is 1. The SMILES string of the molecule is COc1cccc(NC(=O)[C@H](C)N2CCN(S(=O)(=O)Cc3ccccc3)CC2)c1. The quantitative estimate of drug-likeness (QED) is 0.747. The van der Waals surface area contributed by atoms with E-state index in [1.807, 2.05) is 54.3 Å². The van der Waals surface area contributed by atoms with Crippen molar-refractivity contribution >= 4 is 21.6 Å². The first-order chi connectivity index (χ1) is 13.9. The van der Waals surface area contributed by atoms with Crippen molar-refractivity contribution in [3.8, 4) is 5.75 Å². The second-order valence-electron chi connectivity index (χ2n) is 7.07. The summed E-state index contributed by atoms with van der Waals surface area (Å²) in [4.78, 5) is 14.6. The third-order valence-electron chi connectivity index (χ3n) is 5.12. The molecule has 1 fully saturated rings. The number of anilines is 1. The predicted octanol–water partition coefficient (Wildman–Crippen LogP) is 2.17. The molecule has 1 heterocycles. The summed E-state index contributed by atoms with van der Waals surface area (Å²) in [5.41, 5.74) is 1.45.